The van der Waals surface area contributed by atoms with Crippen LogP contribution < -0.4 is 4.72 Å². The third-order valence-electron chi connectivity index (χ3n) is 1.86. The summed E-state index contributed by atoms with van der Waals surface area (Å²) >= 11 is 5.58. The highest BCUT2D eigenvalue weighted by Gasteiger charge is 2.22. The molecule has 0 bridgehead atoms. The molecule has 0 saturated heterocycles. The summed E-state index contributed by atoms with van der Waals surface area (Å²) in [5.41, 5.74) is 1.39. The molecule has 0 fully saturated rings. The third kappa shape index (κ3) is 3.70. The van der Waals surface area contributed by atoms with E-state index in [9.17, 15) is 17.2 Å². The molecule has 0 unspecified atom stereocenters. The predicted octanol–water partition coefficient (Wildman–Crippen LogP) is 2.07. The zero-order valence-electron chi connectivity index (χ0n) is 8.16. The molecule has 1 aromatic carbocycles. The van der Waals surface area contributed by atoms with Crippen LogP contribution in [0.3, 0.4) is 0 Å². The number of sulfonamides is 1. The summed E-state index contributed by atoms with van der Waals surface area (Å²) in [6.07, 6.45) is 0. The SMILES string of the molecule is O=S(=O)(NCc1cccc(CCl)c1)C(F)F. The van der Waals surface area contributed by atoms with E-state index in [1.807, 2.05) is 0 Å². The van der Waals surface area contributed by atoms with Gasteiger partial charge >= 0.3 is 5.76 Å². The number of hydrogen-bond acceptors (Lipinski definition) is 2. The van der Waals surface area contributed by atoms with Crippen LogP contribution >= 0.6 is 11.6 Å². The van der Waals surface area contributed by atoms with Crippen molar-refractivity contribution in [1.82, 2.24) is 4.72 Å². The summed E-state index contributed by atoms with van der Waals surface area (Å²) < 4.78 is 47.3. The number of hydrogen-bond donors (Lipinski definition) is 1. The molecular weight excluding hydrogens is 260 g/mol. The molecule has 0 heterocycles. The maximum Gasteiger partial charge on any atom is 0.350 e. The van der Waals surface area contributed by atoms with Crippen LogP contribution in [0.4, 0.5) is 8.78 Å². The van der Waals surface area contributed by atoms with E-state index in [4.69, 9.17) is 11.6 Å². The first-order valence-electron chi connectivity index (χ1n) is 4.36. The quantitative estimate of drug-likeness (QED) is 0.832. The zero-order chi connectivity index (χ0) is 12.2. The molecule has 1 rings (SSSR count). The number of rotatable bonds is 5. The Labute approximate surface area is 97.5 Å². The normalized spacial score (nSPS) is 12.0. The Balaban J connectivity index is 2.68. The molecule has 0 aliphatic heterocycles. The van der Waals surface area contributed by atoms with Gasteiger partial charge in [-0.25, -0.2) is 13.1 Å². The smallest absolute Gasteiger partial charge is 0.206 e. The zero-order valence-corrected chi connectivity index (χ0v) is 9.73. The van der Waals surface area contributed by atoms with Crippen molar-refractivity contribution in [2.24, 2.45) is 0 Å². The van der Waals surface area contributed by atoms with Gasteiger partial charge in [-0.2, -0.15) is 8.78 Å². The van der Waals surface area contributed by atoms with Crippen LogP contribution in [-0.2, 0) is 22.4 Å². The maximum atomic E-state index is 12.0. The molecule has 1 aromatic rings. The molecule has 1 N–H and O–H groups in total. The van der Waals surface area contributed by atoms with E-state index >= 15 is 0 Å². The molecular formula is C9H10ClF2NO2S. The van der Waals surface area contributed by atoms with Crippen molar-refractivity contribution in [3.63, 3.8) is 0 Å². The number of nitrogens with one attached hydrogen (secondary N) is 1. The first-order chi connectivity index (χ1) is 7.45. The van der Waals surface area contributed by atoms with E-state index in [1.165, 1.54) is 0 Å². The summed E-state index contributed by atoms with van der Waals surface area (Å²) in [6.45, 7) is -0.169. The Morgan fingerprint density at radius 2 is 1.94 bits per heavy atom. The Hall–Kier alpha value is -0.720. The van der Waals surface area contributed by atoms with Crippen molar-refractivity contribution < 1.29 is 17.2 Å². The predicted molar refractivity (Wildman–Crippen MR) is 57.8 cm³/mol. The van der Waals surface area contributed by atoms with Crippen molar-refractivity contribution in [1.29, 1.82) is 0 Å². The van der Waals surface area contributed by atoms with Crippen molar-refractivity contribution in [2.75, 3.05) is 0 Å². The molecule has 90 valence electrons. The van der Waals surface area contributed by atoms with Gasteiger partial charge in [0.25, 0.3) is 10.0 Å². The van der Waals surface area contributed by atoms with Gasteiger partial charge in [-0.15, -0.1) is 11.6 Å². The molecule has 3 nitrogen and oxygen atoms in total. The van der Waals surface area contributed by atoms with Gasteiger partial charge in [-0.05, 0) is 11.1 Å². The molecule has 0 atom stereocenters. The molecule has 0 aliphatic carbocycles. The number of benzene rings is 1. The van der Waals surface area contributed by atoms with Gasteiger partial charge in [0.2, 0.25) is 0 Å². The van der Waals surface area contributed by atoms with Gasteiger partial charge < -0.3 is 0 Å². The molecule has 0 aromatic heterocycles. The van der Waals surface area contributed by atoms with E-state index in [-0.39, 0.29) is 12.4 Å². The van der Waals surface area contributed by atoms with Crippen LogP contribution in [0.5, 0.6) is 0 Å². The summed E-state index contributed by atoms with van der Waals surface area (Å²) in [6, 6.07) is 6.73. The highest BCUT2D eigenvalue weighted by molar-refractivity contribution is 7.89. The Kier molecular flexibility index (Phi) is 4.64. The fourth-order valence-electron chi connectivity index (χ4n) is 1.07. The lowest BCUT2D eigenvalue weighted by molar-refractivity contribution is 0.232. The van der Waals surface area contributed by atoms with E-state index in [2.05, 4.69) is 0 Å². The second kappa shape index (κ2) is 5.56. The van der Waals surface area contributed by atoms with E-state index < -0.39 is 15.8 Å². The highest BCUT2D eigenvalue weighted by atomic mass is 35.5. The minimum atomic E-state index is -4.53. The topological polar surface area (TPSA) is 46.2 Å². The van der Waals surface area contributed by atoms with E-state index in [0.717, 1.165) is 5.56 Å². The first-order valence-corrected chi connectivity index (χ1v) is 6.44. The van der Waals surface area contributed by atoms with E-state index in [1.54, 1.807) is 29.0 Å². The van der Waals surface area contributed by atoms with Gasteiger partial charge in [-0.1, -0.05) is 24.3 Å². The lowest BCUT2D eigenvalue weighted by atomic mass is 10.1. The highest BCUT2D eigenvalue weighted by Crippen LogP contribution is 2.09. The minimum absolute atomic E-state index is 0.169. The molecule has 16 heavy (non-hydrogen) atoms. The lowest BCUT2D eigenvalue weighted by Gasteiger charge is -2.06. The Morgan fingerprint density at radius 1 is 1.31 bits per heavy atom. The molecule has 0 amide bonds. The molecule has 0 spiro atoms. The standard InChI is InChI=1S/C9H10ClF2NO2S/c10-5-7-2-1-3-8(4-7)6-13-16(14,15)9(11)12/h1-4,9,13H,5-6H2. The van der Waals surface area contributed by atoms with Crippen molar-refractivity contribution in [2.45, 2.75) is 18.2 Å². The fourth-order valence-corrected chi connectivity index (χ4v) is 1.73. The Morgan fingerprint density at radius 3 is 2.50 bits per heavy atom. The minimum Gasteiger partial charge on any atom is -0.206 e. The van der Waals surface area contributed by atoms with Gasteiger partial charge in [0, 0.05) is 12.4 Å². The molecule has 7 heteroatoms. The van der Waals surface area contributed by atoms with Crippen LogP contribution in [0, 0.1) is 0 Å². The van der Waals surface area contributed by atoms with Crippen molar-refractivity contribution in [3.8, 4) is 0 Å². The summed E-state index contributed by atoms with van der Waals surface area (Å²) in [7, 11) is -4.53. The average Bonchev–Trinajstić information content (AvgIpc) is 2.26. The van der Waals surface area contributed by atoms with Crippen LogP contribution in [0.25, 0.3) is 0 Å². The van der Waals surface area contributed by atoms with Gasteiger partial charge in [0.15, 0.2) is 0 Å². The second-order valence-electron chi connectivity index (χ2n) is 3.08. The van der Waals surface area contributed by atoms with Gasteiger partial charge in [-0.3, -0.25) is 0 Å². The van der Waals surface area contributed by atoms with Crippen LogP contribution in [0.1, 0.15) is 11.1 Å². The lowest BCUT2D eigenvalue weighted by Crippen LogP contribution is -2.28. The maximum absolute atomic E-state index is 12.0. The number of alkyl halides is 3. The van der Waals surface area contributed by atoms with Gasteiger partial charge in [0.05, 0.1) is 0 Å². The fraction of sp³-hybridized carbons (Fsp3) is 0.333. The summed E-state index contributed by atoms with van der Waals surface area (Å²) in [4.78, 5) is 0. The van der Waals surface area contributed by atoms with Crippen LogP contribution in [0.2, 0.25) is 0 Å². The largest absolute Gasteiger partial charge is 0.350 e. The Bertz CT molecular complexity index is 451. The van der Waals surface area contributed by atoms with E-state index in [0.29, 0.717) is 5.56 Å². The van der Waals surface area contributed by atoms with Crippen LogP contribution in [-0.4, -0.2) is 14.2 Å². The molecule has 0 radical (unpaired) electrons. The van der Waals surface area contributed by atoms with Crippen LogP contribution in [0.15, 0.2) is 24.3 Å². The number of halogens is 3. The molecule has 0 saturated carbocycles. The van der Waals surface area contributed by atoms with Crippen molar-refractivity contribution in [3.05, 3.63) is 35.4 Å². The van der Waals surface area contributed by atoms with Gasteiger partial charge in [0.1, 0.15) is 0 Å². The molecule has 0 aliphatic rings. The second-order valence-corrected chi connectivity index (χ2v) is 5.08. The summed E-state index contributed by atoms with van der Waals surface area (Å²) in [5.74, 6) is -3.13. The third-order valence-corrected chi connectivity index (χ3v) is 3.18. The van der Waals surface area contributed by atoms with Crippen molar-refractivity contribution >= 4 is 21.6 Å². The monoisotopic (exact) mass is 269 g/mol. The summed E-state index contributed by atoms with van der Waals surface area (Å²) in [5, 5.41) is 0. The first kappa shape index (κ1) is 13.3. The average molecular weight is 270 g/mol.